The van der Waals surface area contributed by atoms with Crippen LogP contribution in [0.4, 0.5) is 9.18 Å². The first kappa shape index (κ1) is 21.8. The van der Waals surface area contributed by atoms with Gasteiger partial charge in [-0.1, -0.05) is 12.1 Å². The van der Waals surface area contributed by atoms with Gasteiger partial charge in [0.2, 0.25) is 0 Å². The van der Waals surface area contributed by atoms with E-state index >= 15 is 0 Å². The van der Waals surface area contributed by atoms with E-state index in [-0.39, 0.29) is 17.8 Å². The van der Waals surface area contributed by atoms with Crippen LogP contribution in [0.1, 0.15) is 48.0 Å². The number of hydrogen-bond donors (Lipinski definition) is 2. The highest BCUT2D eigenvalue weighted by Gasteiger charge is 2.51. The van der Waals surface area contributed by atoms with Crippen molar-refractivity contribution in [2.24, 2.45) is 0 Å². The van der Waals surface area contributed by atoms with Gasteiger partial charge in [-0.25, -0.2) is 19.2 Å². The molecule has 2 aliphatic heterocycles. The highest BCUT2D eigenvalue weighted by Crippen LogP contribution is 2.40. The van der Waals surface area contributed by atoms with E-state index in [9.17, 15) is 14.0 Å². The number of benzene rings is 1. The van der Waals surface area contributed by atoms with Crippen molar-refractivity contribution in [2.45, 2.75) is 51.2 Å². The summed E-state index contributed by atoms with van der Waals surface area (Å²) in [4.78, 5) is 39.9. The molecule has 3 aliphatic rings. The number of ether oxygens (including phenoxy) is 1. The third kappa shape index (κ3) is 3.66. The number of halogens is 1. The van der Waals surface area contributed by atoms with Gasteiger partial charge in [0, 0.05) is 37.0 Å². The van der Waals surface area contributed by atoms with Crippen molar-refractivity contribution in [1.82, 2.24) is 25.2 Å². The topological polar surface area (TPSA) is 100 Å². The third-order valence-electron chi connectivity index (χ3n) is 6.77. The summed E-state index contributed by atoms with van der Waals surface area (Å²) in [5.74, 6) is -0.0326. The molecule has 9 heteroatoms. The number of carbonyl (C=O) groups excluding carboxylic acids is 2. The van der Waals surface area contributed by atoms with Gasteiger partial charge < -0.3 is 19.9 Å². The van der Waals surface area contributed by atoms with E-state index in [1.54, 1.807) is 23.2 Å². The van der Waals surface area contributed by atoms with Gasteiger partial charge in [-0.2, -0.15) is 0 Å². The SMILES string of the molecule is CC(C)(C)OC(=O)N1CC2(Cc3[nH]c4c(c3C(=O)N2)CCc2cnc(-c3cccc(F)c3)nc2-4)C1. The van der Waals surface area contributed by atoms with E-state index < -0.39 is 11.1 Å². The number of nitrogens with one attached hydrogen (secondary N) is 2. The molecule has 0 saturated carbocycles. The molecule has 8 nitrogen and oxygen atoms in total. The lowest BCUT2D eigenvalue weighted by Crippen LogP contribution is -2.74. The summed E-state index contributed by atoms with van der Waals surface area (Å²) in [6.07, 6.45) is 3.45. The second-order valence-electron chi connectivity index (χ2n) is 10.7. The van der Waals surface area contributed by atoms with Crippen molar-refractivity contribution < 1.29 is 18.7 Å². The zero-order valence-corrected chi connectivity index (χ0v) is 19.9. The Labute approximate surface area is 201 Å². The molecule has 35 heavy (non-hydrogen) atoms. The van der Waals surface area contributed by atoms with Crippen molar-refractivity contribution in [1.29, 1.82) is 0 Å². The van der Waals surface area contributed by atoms with Crippen LogP contribution in [0.15, 0.2) is 30.5 Å². The first-order valence-electron chi connectivity index (χ1n) is 11.8. The second kappa shape index (κ2) is 7.37. The van der Waals surface area contributed by atoms with Crippen molar-refractivity contribution in [2.75, 3.05) is 13.1 Å². The largest absolute Gasteiger partial charge is 0.444 e. The number of fused-ring (bicyclic) bond motifs is 5. The molecular formula is C26H26FN5O3. The summed E-state index contributed by atoms with van der Waals surface area (Å²) in [7, 11) is 0. The third-order valence-corrected chi connectivity index (χ3v) is 6.77. The highest BCUT2D eigenvalue weighted by molar-refractivity contribution is 6.01. The smallest absolute Gasteiger partial charge is 0.410 e. The molecule has 6 rings (SSSR count). The Morgan fingerprint density at radius 1 is 1.23 bits per heavy atom. The van der Waals surface area contributed by atoms with Crippen LogP contribution >= 0.6 is 0 Å². The minimum absolute atomic E-state index is 0.129. The number of aromatic nitrogens is 3. The normalized spacial score (nSPS) is 17.7. The minimum atomic E-state index is -0.569. The minimum Gasteiger partial charge on any atom is -0.444 e. The highest BCUT2D eigenvalue weighted by atomic mass is 19.1. The van der Waals surface area contributed by atoms with Crippen molar-refractivity contribution in [3.63, 3.8) is 0 Å². The number of rotatable bonds is 1. The van der Waals surface area contributed by atoms with Crippen LogP contribution in [-0.4, -0.2) is 56.1 Å². The summed E-state index contributed by atoms with van der Waals surface area (Å²) < 4.78 is 19.2. The lowest BCUT2D eigenvalue weighted by atomic mass is 9.80. The summed E-state index contributed by atoms with van der Waals surface area (Å²) >= 11 is 0. The predicted octanol–water partition coefficient (Wildman–Crippen LogP) is 3.65. The van der Waals surface area contributed by atoms with Crippen LogP contribution in [0.2, 0.25) is 0 Å². The summed E-state index contributed by atoms with van der Waals surface area (Å²) in [6.45, 7) is 6.30. The second-order valence-corrected chi connectivity index (χ2v) is 10.7. The fourth-order valence-electron chi connectivity index (χ4n) is 5.30. The molecule has 180 valence electrons. The Bertz CT molecular complexity index is 1380. The number of aryl methyl sites for hydroxylation is 1. The monoisotopic (exact) mass is 475 g/mol. The van der Waals surface area contributed by atoms with Crippen LogP contribution in [-0.2, 0) is 24.0 Å². The standard InChI is InChI=1S/C26H26FN5O3/c1-25(2,3)35-24(34)32-12-26(13-32)10-18-19(23(33)31-26)17-8-7-15-11-28-22(30-20(15)21(17)29-18)14-5-4-6-16(27)9-14/h4-6,9,11,29H,7-8,10,12-13H2,1-3H3,(H,31,33). The molecule has 1 aliphatic carbocycles. The first-order chi connectivity index (χ1) is 16.6. The molecule has 3 aromatic rings. The Kier molecular flexibility index (Phi) is 4.58. The van der Waals surface area contributed by atoms with Gasteiger partial charge >= 0.3 is 6.09 Å². The van der Waals surface area contributed by atoms with E-state index in [2.05, 4.69) is 15.3 Å². The molecule has 1 aromatic carbocycles. The number of nitrogens with zero attached hydrogens (tertiary/aromatic N) is 3. The number of likely N-dealkylation sites (tertiary alicyclic amines) is 1. The lowest BCUT2D eigenvalue weighted by Gasteiger charge is -2.51. The average Bonchev–Trinajstić information content (AvgIpc) is 3.15. The zero-order valence-electron chi connectivity index (χ0n) is 19.9. The Morgan fingerprint density at radius 3 is 2.77 bits per heavy atom. The van der Waals surface area contributed by atoms with E-state index in [1.165, 1.54) is 12.1 Å². The molecule has 0 unspecified atom stereocenters. The maximum absolute atomic E-state index is 13.8. The fourth-order valence-corrected chi connectivity index (χ4v) is 5.30. The van der Waals surface area contributed by atoms with Gasteiger partial charge in [-0.05, 0) is 56.9 Å². The van der Waals surface area contributed by atoms with Gasteiger partial charge in [-0.15, -0.1) is 0 Å². The van der Waals surface area contributed by atoms with E-state index in [4.69, 9.17) is 9.72 Å². The number of aromatic amines is 1. The van der Waals surface area contributed by atoms with Gasteiger partial charge in [0.25, 0.3) is 5.91 Å². The average molecular weight is 476 g/mol. The van der Waals surface area contributed by atoms with Gasteiger partial charge in [0.15, 0.2) is 5.82 Å². The number of H-pyrrole nitrogens is 1. The summed E-state index contributed by atoms with van der Waals surface area (Å²) in [5, 5.41) is 3.15. The quantitative estimate of drug-likeness (QED) is 0.560. The lowest BCUT2D eigenvalue weighted by molar-refractivity contribution is -0.0169. The molecule has 2 N–H and O–H groups in total. The molecule has 0 bridgehead atoms. The maximum atomic E-state index is 13.8. The summed E-state index contributed by atoms with van der Waals surface area (Å²) in [5.41, 5.74) is 4.59. The van der Waals surface area contributed by atoms with Crippen LogP contribution in [0.5, 0.6) is 0 Å². The molecule has 1 spiro atoms. The van der Waals surface area contributed by atoms with Crippen molar-refractivity contribution in [3.05, 3.63) is 58.7 Å². The first-order valence-corrected chi connectivity index (χ1v) is 11.8. The predicted molar refractivity (Wildman–Crippen MR) is 126 cm³/mol. The molecule has 2 amide bonds. The molecule has 4 heterocycles. The molecular weight excluding hydrogens is 449 g/mol. The van der Waals surface area contributed by atoms with Crippen molar-refractivity contribution in [3.8, 4) is 22.8 Å². The van der Waals surface area contributed by atoms with E-state index in [1.807, 2.05) is 20.8 Å². The molecule has 1 saturated heterocycles. The van der Waals surface area contributed by atoms with Gasteiger partial charge in [0.1, 0.15) is 11.4 Å². The molecule has 1 fully saturated rings. The van der Waals surface area contributed by atoms with Crippen LogP contribution < -0.4 is 5.32 Å². The molecule has 0 atom stereocenters. The van der Waals surface area contributed by atoms with Crippen LogP contribution in [0, 0.1) is 5.82 Å². The molecule has 0 radical (unpaired) electrons. The maximum Gasteiger partial charge on any atom is 0.410 e. The Morgan fingerprint density at radius 2 is 2.03 bits per heavy atom. The number of hydrogen-bond acceptors (Lipinski definition) is 5. The van der Waals surface area contributed by atoms with Gasteiger partial charge in [0.05, 0.1) is 22.5 Å². The number of carbonyl (C=O) groups is 2. The number of amides is 2. The van der Waals surface area contributed by atoms with Gasteiger partial charge in [-0.3, -0.25) is 4.79 Å². The summed E-state index contributed by atoms with van der Waals surface area (Å²) in [6, 6.07) is 6.21. The van der Waals surface area contributed by atoms with E-state index in [0.717, 1.165) is 34.6 Å². The Balaban J connectivity index is 1.30. The molecule has 2 aromatic heterocycles. The zero-order chi connectivity index (χ0) is 24.5. The fraction of sp³-hybridized carbons (Fsp3) is 0.385. The van der Waals surface area contributed by atoms with E-state index in [0.29, 0.717) is 42.9 Å². The van der Waals surface area contributed by atoms with Crippen LogP contribution in [0.25, 0.3) is 22.8 Å². The van der Waals surface area contributed by atoms with Crippen molar-refractivity contribution >= 4 is 12.0 Å². The van der Waals surface area contributed by atoms with Crippen LogP contribution in [0.3, 0.4) is 0 Å². The Hall–Kier alpha value is -3.75.